The first-order chi connectivity index (χ1) is 17.7. The molecule has 0 amide bonds. The van der Waals surface area contributed by atoms with Gasteiger partial charge in [-0.3, -0.25) is 0 Å². The Balaban J connectivity index is 1.86. The topological polar surface area (TPSA) is 41.9 Å². The Bertz CT molecular complexity index is 1200. The summed E-state index contributed by atoms with van der Waals surface area (Å²) in [4.78, 5) is 5.28. The summed E-state index contributed by atoms with van der Waals surface area (Å²) in [6.45, 7) is 0.901. The molecule has 0 spiro atoms. The second-order valence-electron chi connectivity index (χ2n) is 8.27. The van der Waals surface area contributed by atoms with Crippen LogP contribution in [0.1, 0.15) is 23.6 Å². The molecule has 0 fully saturated rings. The molecule has 3 rings (SSSR count). The maximum atomic E-state index is 13.8. The molecule has 3 aromatic rings. The number of hydrogen-bond acceptors (Lipinski definition) is 4. The summed E-state index contributed by atoms with van der Waals surface area (Å²) in [6.07, 6.45) is -13.0. The van der Waals surface area contributed by atoms with Gasteiger partial charge in [-0.05, 0) is 41.8 Å². The summed E-state index contributed by atoms with van der Waals surface area (Å²) in [7, 11) is 0. The number of ether oxygens (including phenoxy) is 1. The van der Waals surface area contributed by atoms with Gasteiger partial charge in [0, 0.05) is 11.6 Å². The second-order valence-corrected chi connectivity index (χ2v) is 8.27. The molecule has 1 atom stereocenters. The number of anilines is 1. The third-order valence-corrected chi connectivity index (χ3v) is 5.43. The Morgan fingerprint density at radius 3 is 2.00 bits per heavy atom. The molecule has 0 aliphatic heterocycles. The van der Waals surface area contributed by atoms with Crippen molar-refractivity contribution in [2.75, 3.05) is 11.6 Å². The molecule has 206 valence electrons. The third-order valence-electron chi connectivity index (χ3n) is 5.43. The van der Waals surface area contributed by atoms with Gasteiger partial charge >= 0.3 is 18.3 Å². The number of halogens is 8. The highest BCUT2D eigenvalue weighted by atomic mass is 19.4. The van der Waals surface area contributed by atoms with E-state index in [1.54, 1.807) is 0 Å². The van der Waals surface area contributed by atoms with Crippen molar-refractivity contribution in [2.45, 2.75) is 44.3 Å². The standard InChI is InChI=1S/C26H23F8NO3/c1-2-17-9-11-18(12-10-17)16-37-21-7-4-6-20(14-21)35(15-23(36)25(29,30)31)38-22-8-3-5-19(13-22)24(27,28)26(32,33)34/h3-14,23,36H,2,15-16H2,1H3/t23-/m0/s1. The van der Waals surface area contributed by atoms with Gasteiger partial charge in [0.15, 0.2) is 11.9 Å². The summed E-state index contributed by atoms with van der Waals surface area (Å²) in [5, 5.41) is 10.1. The predicted molar refractivity (Wildman–Crippen MR) is 123 cm³/mol. The van der Waals surface area contributed by atoms with E-state index in [1.807, 2.05) is 31.2 Å². The summed E-state index contributed by atoms with van der Waals surface area (Å²) in [5.74, 6) is -5.64. The molecular weight excluding hydrogens is 526 g/mol. The van der Waals surface area contributed by atoms with Gasteiger partial charge in [-0.15, -0.1) is 0 Å². The molecule has 4 nitrogen and oxygen atoms in total. The fraction of sp³-hybridized carbons (Fsp3) is 0.308. The van der Waals surface area contributed by atoms with Gasteiger partial charge in [0.05, 0.1) is 12.2 Å². The average Bonchev–Trinajstić information content (AvgIpc) is 2.86. The van der Waals surface area contributed by atoms with Crippen LogP contribution in [0.4, 0.5) is 40.8 Å². The van der Waals surface area contributed by atoms with Crippen molar-refractivity contribution in [1.82, 2.24) is 0 Å². The monoisotopic (exact) mass is 549 g/mol. The van der Waals surface area contributed by atoms with Crippen LogP contribution < -0.4 is 14.6 Å². The molecule has 0 aliphatic carbocycles. The molecule has 38 heavy (non-hydrogen) atoms. The molecule has 0 aromatic heterocycles. The van der Waals surface area contributed by atoms with Crippen molar-refractivity contribution < 1.29 is 49.8 Å². The SMILES string of the molecule is CCc1ccc(COc2cccc(N(C[C@H](O)C(F)(F)F)Oc3cccc(C(F)(F)C(F)(F)F)c3)c2)cc1. The Hall–Kier alpha value is -3.54. The highest BCUT2D eigenvalue weighted by molar-refractivity contribution is 5.50. The van der Waals surface area contributed by atoms with Crippen LogP contribution in [-0.4, -0.2) is 30.1 Å². The van der Waals surface area contributed by atoms with E-state index in [4.69, 9.17) is 9.57 Å². The van der Waals surface area contributed by atoms with Crippen molar-refractivity contribution in [2.24, 2.45) is 0 Å². The first-order valence-electron chi connectivity index (χ1n) is 11.3. The van der Waals surface area contributed by atoms with Gasteiger partial charge in [0.25, 0.3) is 0 Å². The van der Waals surface area contributed by atoms with E-state index >= 15 is 0 Å². The van der Waals surface area contributed by atoms with Crippen molar-refractivity contribution in [3.63, 3.8) is 0 Å². The third kappa shape index (κ3) is 7.27. The number of aryl methyl sites for hydroxylation is 1. The van der Waals surface area contributed by atoms with Crippen LogP contribution >= 0.6 is 0 Å². The molecule has 1 N–H and O–H groups in total. The van der Waals surface area contributed by atoms with Gasteiger partial charge in [-0.1, -0.05) is 49.4 Å². The van der Waals surface area contributed by atoms with Crippen LogP contribution in [0, 0.1) is 0 Å². The van der Waals surface area contributed by atoms with Gasteiger partial charge in [-0.25, -0.2) is 5.06 Å². The molecule has 0 unspecified atom stereocenters. The van der Waals surface area contributed by atoms with E-state index in [-0.39, 0.29) is 18.0 Å². The number of benzene rings is 3. The van der Waals surface area contributed by atoms with Crippen LogP contribution in [0.5, 0.6) is 11.5 Å². The predicted octanol–water partition coefficient (Wildman–Crippen LogP) is 7.21. The Morgan fingerprint density at radius 1 is 0.789 bits per heavy atom. The van der Waals surface area contributed by atoms with Gasteiger partial charge < -0.3 is 14.7 Å². The zero-order chi connectivity index (χ0) is 28.1. The van der Waals surface area contributed by atoms with E-state index < -0.39 is 42.2 Å². The van der Waals surface area contributed by atoms with E-state index in [1.165, 1.54) is 24.3 Å². The largest absolute Gasteiger partial charge is 0.489 e. The normalized spacial score (nSPS) is 13.2. The van der Waals surface area contributed by atoms with E-state index in [2.05, 4.69) is 0 Å². The van der Waals surface area contributed by atoms with E-state index in [0.717, 1.165) is 29.7 Å². The van der Waals surface area contributed by atoms with Crippen LogP contribution in [0.15, 0.2) is 72.8 Å². The minimum atomic E-state index is -5.90. The minimum Gasteiger partial charge on any atom is -0.489 e. The number of nitrogens with zero attached hydrogens (tertiary/aromatic N) is 1. The lowest BCUT2D eigenvalue weighted by Crippen LogP contribution is -2.42. The number of rotatable bonds is 10. The summed E-state index contributed by atoms with van der Waals surface area (Å²) >= 11 is 0. The smallest absolute Gasteiger partial charge is 0.458 e. The van der Waals surface area contributed by atoms with Crippen LogP contribution in [0.25, 0.3) is 0 Å². The van der Waals surface area contributed by atoms with Crippen molar-refractivity contribution in [1.29, 1.82) is 0 Å². The number of aliphatic hydroxyl groups excluding tert-OH is 1. The molecule has 0 aliphatic rings. The first kappa shape index (κ1) is 29.0. The lowest BCUT2D eigenvalue weighted by atomic mass is 10.1. The molecule has 3 aromatic carbocycles. The number of hydrogen-bond donors (Lipinski definition) is 1. The minimum absolute atomic E-state index is 0.0832. The van der Waals surface area contributed by atoms with Gasteiger partial charge in [0.2, 0.25) is 0 Å². The highest BCUT2D eigenvalue weighted by Crippen LogP contribution is 2.44. The first-order valence-corrected chi connectivity index (χ1v) is 11.3. The van der Waals surface area contributed by atoms with E-state index in [0.29, 0.717) is 17.2 Å². The highest BCUT2D eigenvalue weighted by Gasteiger charge is 2.58. The fourth-order valence-corrected chi connectivity index (χ4v) is 3.26. The van der Waals surface area contributed by atoms with Crippen LogP contribution in [0.3, 0.4) is 0 Å². The molecule has 12 heteroatoms. The molecule has 0 radical (unpaired) electrons. The zero-order valence-corrected chi connectivity index (χ0v) is 19.9. The summed E-state index contributed by atoms with van der Waals surface area (Å²) in [5.41, 5.74) is 0.379. The number of alkyl halides is 8. The van der Waals surface area contributed by atoms with Crippen molar-refractivity contribution >= 4 is 5.69 Å². The zero-order valence-electron chi connectivity index (χ0n) is 19.9. The van der Waals surface area contributed by atoms with Crippen molar-refractivity contribution in [3.05, 3.63) is 89.5 Å². The molecule has 0 bridgehead atoms. The molecular formula is C26H23F8NO3. The van der Waals surface area contributed by atoms with Gasteiger partial charge in [0.1, 0.15) is 12.4 Å². The maximum Gasteiger partial charge on any atom is 0.458 e. The molecule has 0 heterocycles. The fourth-order valence-electron chi connectivity index (χ4n) is 3.26. The lowest BCUT2D eigenvalue weighted by Gasteiger charge is -2.28. The van der Waals surface area contributed by atoms with Gasteiger partial charge in [-0.2, -0.15) is 35.1 Å². The summed E-state index contributed by atoms with van der Waals surface area (Å²) < 4.78 is 111. The Kier molecular flexibility index (Phi) is 8.75. The number of hydroxylamine groups is 1. The average molecular weight is 549 g/mol. The maximum absolute atomic E-state index is 13.8. The van der Waals surface area contributed by atoms with E-state index in [9.17, 15) is 40.2 Å². The Morgan fingerprint density at radius 2 is 1.39 bits per heavy atom. The number of aliphatic hydroxyl groups is 1. The van der Waals surface area contributed by atoms with Crippen molar-refractivity contribution in [3.8, 4) is 11.5 Å². The molecule has 0 saturated heterocycles. The second kappa shape index (κ2) is 11.5. The summed E-state index contributed by atoms with van der Waals surface area (Å²) in [6, 6.07) is 15.7. The van der Waals surface area contributed by atoms with Crippen LogP contribution in [-0.2, 0) is 19.0 Å². The van der Waals surface area contributed by atoms with Crippen LogP contribution in [0.2, 0.25) is 0 Å². The quantitative estimate of drug-likeness (QED) is 0.215. The lowest BCUT2D eigenvalue weighted by molar-refractivity contribution is -0.289. The Labute approximate surface area is 213 Å². The molecule has 0 saturated carbocycles.